The normalized spacial score (nSPS) is 23.9. The van der Waals surface area contributed by atoms with Gasteiger partial charge in [-0.3, -0.25) is 4.68 Å². The van der Waals surface area contributed by atoms with Gasteiger partial charge in [0.15, 0.2) is 5.03 Å². The maximum Gasteiger partial charge on any atom is 0.257 e. The average molecular weight is 196 g/mol. The minimum Gasteiger partial charge on any atom is -0.269 e. The number of hydrogen-bond donors (Lipinski definition) is 1. The molecule has 1 aromatic heterocycles. The minimum absolute atomic E-state index is 0.271. The van der Waals surface area contributed by atoms with Gasteiger partial charge in [-0.1, -0.05) is 0 Å². The van der Waals surface area contributed by atoms with Gasteiger partial charge in [0.2, 0.25) is 0 Å². The van der Waals surface area contributed by atoms with Gasteiger partial charge in [-0.05, 0) is 19.8 Å². The molecule has 1 rings (SSSR count). The van der Waals surface area contributed by atoms with E-state index in [9.17, 15) is 8.42 Å². The molecule has 0 radical (unpaired) electrons. The number of nitrogens with two attached hydrogens (primary N) is 1. The molecule has 0 amide bonds. The highest BCUT2D eigenvalue weighted by Crippen LogP contribution is 2.06. The number of nitrogens with zero attached hydrogens (tertiary/aromatic N) is 2. The van der Waals surface area contributed by atoms with Crippen LogP contribution >= 0.6 is 0 Å². The molecule has 5 nitrogen and oxygen atoms in total. The Hall–Kier alpha value is -0.880. The maximum absolute atomic E-state index is 11.0. The van der Waals surface area contributed by atoms with Gasteiger partial charge in [-0.2, -0.15) is 5.10 Å². The molecule has 0 aliphatic heterocycles. The second kappa shape index (κ2) is 2.87. The summed E-state index contributed by atoms with van der Waals surface area (Å²) in [4.78, 5) is 0. The molecule has 0 aliphatic carbocycles. The summed E-state index contributed by atoms with van der Waals surface area (Å²) >= 11 is 0. The number of hydrogen-bond acceptors (Lipinski definition) is 3. The molecule has 2 N–H and O–H groups in total. The van der Waals surface area contributed by atoms with E-state index < -0.39 is 34.8 Å². The maximum atomic E-state index is 11.0. The van der Waals surface area contributed by atoms with Gasteiger partial charge in [0, 0.05) is 20.4 Å². The second-order valence-corrected chi connectivity index (χ2v) is 3.50. The summed E-state index contributed by atoms with van der Waals surface area (Å²) in [6.45, 7) is -6.50. The van der Waals surface area contributed by atoms with E-state index >= 15 is 0 Å². The van der Waals surface area contributed by atoms with Crippen LogP contribution in [0.4, 0.5) is 0 Å². The molecule has 0 atom stereocenters. The largest absolute Gasteiger partial charge is 0.269 e. The molecular formula is C6H11N3O2S. The number of rotatable bonds is 2. The first-order valence-corrected chi connectivity index (χ1v) is 4.35. The predicted octanol–water partition coefficient (Wildman–Crippen LogP) is 0.111. The van der Waals surface area contributed by atoms with Gasteiger partial charge >= 0.3 is 0 Å². The Morgan fingerprint density at radius 3 is 2.92 bits per heavy atom. The zero-order valence-corrected chi connectivity index (χ0v) is 6.67. The van der Waals surface area contributed by atoms with Crippen LogP contribution in [0.1, 0.15) is 29.3 Å². The minimum atomic E-state index is -4.22. The van der Waals surface area contributed by atoms with Crippen LogP contribution in [0.3, 0.4) is 0 Å². The molecular weight excluding hydrogens is 178 g/mol. The SMILES string of the molecule is [2H]C([2H])([2H])C([2H])(n1ccc(S(N)(=O)=O)n1)C([2H])([2H])[2H]. The Labute approximate surface area is 81.1 Å². The molecule has 12 heavy (non-hydrogen) atoms. The van der Waals surface area contributed by atoms with Crippen molar-refractivity contribution in [1.82, 2.24) is 9.78 Å². The van der Waals surface area contributed by atoms with Crippen LogP contribution in [-0.2, 0) is 10.0 Å². The standard InChI is InChI=1S/C6H11N3O2S/c1-5(2)9-4-3-6(8-9)12(7,10)11/h3-5H,1-2H3,(H2,7,10,11)/i1D3,2D3,5D. The van der Waals surface area contributed by atoms with Crippen molar-refractivity contribution in [3.05, 3.63) is 12.3 Å². The highest BCUT2D eigenvalue weighted by atomic mass is 32.2. The van der Waals surface area contributed by atoms with Crippen molar-refractivity contribution in [1.29, 1.82) is 0 Å². The van der Waals surface area contributed by atoms with E-state index in [1.807, 2.05) is 0 Å². The first kappa shape index (κ1) is 3.47. The fraction of sp³-hybridized carbons (Fsp3) is 0.500. The lowest BCUT2D eigenvalue weighted by molar-refractivity contribution is 0.516. The summed E-state index contributed by atoms with van der Waals surface area (Å²) in [5, 5.41) is 7.36. The van der Waals surface area contributed by atoms with Gasteiger partial charge in [0.25, 0.3) is 10.0 Å². The number of aromatic nitrogens is 2. The van der Waals surface area contributed by atoms with Gasteiger partial charge < -0.3 is 0 Å². The molecule has 0 spiro atoms. The zero-order chi connectivity index (χ0) is 15.3. The molecule has 0 bridgehead atoms. The summed E-state index contributed by atoms with van der Waals surface area (Å²) in [7, 11) is -4.22. The average Bonchev–Trinajstić information content (AvgIpc) is 2.60. The fourth-order valence-electron chi connectivity index (χ4n) is 0.583. The van der Waals surface area contributed by atoms with Gasteiger partial charge in [-0.25, -0.2) is 13.6 Å². The second-order valence-electron chi connectivity index (χ2n) is 1.99. The highest BCUT2D eigenvalue weighted by Gasteiger charge is 2.11. The van der Waals surface area contributed by atoms with Crippen LogP contribution in [0.2, 0.25) is 0 Å². The van der Waals surface area contributed by atoms with E-state index in [0.717, 1.165) is 12.3 Å². The van der Waals surface area contributed by atoms with E-state index in [1.54, 1.807) is 0 Å². The summed E-state index contributed by atoms with van der Waals surface area (Å²) in [6, 6.07) is -2.28. The van der Waals surface area contributed by atoms with Crippen molar-refractivity contribution in [3.63, 3.8) is 0 Å². The Kier molecular flexibility index (Phi) is 0.830. The van der Waals surface area contributed by atoms with Crippen LogP contribution in [0.25, 0.3) is 0 Å². The third kappa shape index (κ3) is 1.83. The van der Waals surface area contributed by atoms with E-state index in [1.165, 1.54) is 0 Å². The number of primary sulfonamides is 1. The molecule has 0 saturated heterocycles. The molecule has 6 heteroatoms. The third-order valence-electron chi connectivity index (χ3n) is 1.09. The first-order valence-electron chi connectivity index (χ1n) is 6.30. The fourth-order valence-corrected chi connectivity index (χ4v) is 1.04. The summed E-state index contributed by atoms with van der Waals surface area (Å²) in [6.07, 6.45) is 0.783. The Balaban J connectivity index is 3.50. The van der Waals surface area contributed by atoms with Gasteiger partial charge in [0.1, 0.15) is 0 Å². The smallest absolute Gasteiger partial charge is 0.257 e. The summed E-state index contributed by atoms with van der Waals surface area (Å²) in [5.74, 6) is 0. The van der Waals surface area contributed by atoms with Crippen molar-refractivity contribution >= 4 is 10.0 Å². The quantitative estimate of drug-likeness (QED) is 0.729. The summed E-state index contributed by atoms with van der Waals surface area (Å²) in [5.41, 5.74) is 0. The molecule has 0 aromatic carbocycles. The van der Waals surface area contributed by atoms with E-state index in [4.69, 9.17) is 14.7 Å². The van der Waals surface area contributed by atoms with Gasteiger partial charge in [0.05, 0.1) is 1.37 Å². The van der Waals surface area contributed by atoms with Crippen LogP contribution in [0.15, 0.2) is 17.3 Å². The zero-order valence-electron chi connectivity index (χ0n) is 12.9. The van der Waals surface area contributed by atoms with Crippen molar-refractivity contribution in [3.8, 4) is 0 Å². The van der Waals surface area contributed by atoms with Crippen molar-refractivity contribution in [2.24, 2.45) is 5.14 Å². The number of sulfonamides is 1. The Morgan fingerprint density at radius 1 is 1.83 bits per heavy atom. The molecule has 68 valence electrons. The van der Waals surface area contributed by atoms with Crippen molar-refractivity contribution in [2.75, 3.05) is 0 Å². The third-order valence-corrected chi connectivity index (χ3v) is 1.89. The summed E-state index contributed by atoms with van der Waals surface area (Å²) < 4.78 is 73.2. The first-order chi connectivity index (χ1) is 8.21. The van der Waals surface area contributed by atoms with Crippen molar-refractivity contribution in [2.45, 2.75) is 24.7 Å². The Bertz CT molecular complexity index is 558. The van der Waals surface area contributed by atoms with E-state index in [2.05, 4.69) is 5.10 Å². The molecule has 1 heterocycles. The lowest BCUT2D eigenvalue weighted by Crippen LogP contribution is -2.13. The molecule has 0 fully saturated rings. The highest BCUT2D eigenvalue weighted by molar-refractivity contribution is 7.89. The molecule has 1 aromatic rings. The van der Waals surface area contributed by atoms with Crippen LogP contribution < -0.4 is 5.14 Å². The topological polar surface area (TPSA) is 78.0 Å². The lowest BCUT2D eigenvalue weighted by Gasteiger charge is -2.02. The molecule has 0 saturated carbocycles. The van der Waals surface area contributed by atoms with E-state index in [0.29, 0.717) is 0 Å². The van der Waals surface area contributed by atoms with Gasteiger partial charge in [-0.15, -0.1) is 0 Å². The van der Waals surface area contributed by atoms with Crippen LogP contribution in [-0.4, -0.2) is 18.2 Å². The lowest BCUT2D eigenvalue weighted by atomic mass is 10.4. The monoisotopic (exact) mass is 196 g/mol. The van der Waals surface area contributed by atoms with E-state index in [-0.39, 0.29) is 4.68 Å². The van der Waals surface area contributed by atoms with Crippen LogP contribution in [0.5, 0.6) is 0 Å². The molecule has 0 unspecified atom stereocenters. The van der Waals surface area contributed by atoms with Crippen molar-refractivity contribution < 1.29 is 18.0 Å². The van der Waals surface area contributed by atoms with Crippen LogP contribution in [0, 0.1) is 0 Å². The molecule has 0 aliphatic rings. The predicted molar refractivity (Wildman–Crippen MR) is 44.0 cm³/mol. The Morgan fingerprint density at radius 2 is 2.50 bits per heavy atom.